The number of aryl methyl sites for hydroxylation is 2. The van der Waals surface area contributed by atoms with E-state index in [1.807, 2.05) is 0 Å². The third-order valence-electron chi connectivity index (χ3n) is 5.67. The molecule has 1 rings (SSSR count). The van der Waals surface area contributed by atoms with Gasteiger partial charge < -0.3 is 5.73 Å². The van der Waals surface area contributed by atoms with Gasteiger partial charge >= 0.3 is 0 Å². The second-order valence-corrected chi connectivity index (χ2v) is 7.68. The van der Waals surface area contributed by atoms with E-state index in [-0.39, 0.29) is 5.91 Å². The van der Waals surface area contributed by atoms with E-state index in [0.717, 1.165) is 36.8 Å². The molecule has 0 fully saturated rings. The van der Waals surface area contributed by atoms with Crippen LogP contribution in [0.1, 0.15) is 118 Å². The van der Waals surface area contributed by atoms with E-state index in [1.165, 1.54) is 74.5 Å². The quantitative estimate of drug-likeness (QED) is 0.370. The first kappa shape index (κ1) is 22.7. The van der Waals surface area contributed by atoms with Crippen LogP contribution < -0.4 is 5.73 Å². The van der Waals surface area contributed by atoms with Crippen LogP contribution in [0.4, 0.5) is 0 Å². The average molecular weight is 360 g/mol. The normalized spacial score (nSPS) is 11.1. The molecule has 0 aliphatic heterocycles. The molecule has 0 spiro atoms. The van der Waals surface area contributed by atoms with Crippen LogP contribution in [0.25, 0.3) is 0 Å². The highest BCUT2D eigenvalue weighted by molar-refractivity contribution is 5.96. The molecule has 0 aliphatic carbocycles. The summed E-state index contributed by atoms with van der Waals surface area (Å²) >= 11 is 0. The van der Waals surface area contributed by atoms with Crippen LogP contribution in [-0.2, 0) is 19.3 Å². The summed E-state index contributed by atoms with van der Waals surface area (Å²) < 4.78 is 0. The Morgan fingerprint density at radius 3 is 1.81 bits per heavy atom. The fraction of sp³-hybridized carbons (Fsp3) is 0.708. The predicted octanol–water partition coefficient (Wildman–Crippen LogP) is 6.68. The monoisotopic (exact) mass is 359 g/mol. The molecule has 0 unspecified atom stereocenters. The Hall–Kier alpha value is -1.31. The minimum absolute atomic E-state index is 0.262. The molecule has 0 radical (unpaired) electrons. The van der Waals surface area contributed by atoms with Crippen molar-refractivity contribution < 1.29 is 4.79 Å². The first-order valence-electron chi connectivity index (χ1n) is 11.0. The number of hydrogen-bond acceptors (Lipinski definition) is 1. The van der Waals surface area contributed by atoms with Crippen LogP contribution in [0.15, 0.2) is 6.07 Å². The van der Waals surface area contributed by atoms with Gasteiger partial charge in [-0.05, 0) is 54.9 Å². The Kier molecular flexibility index (Phi) is 11.3. The van der Waals surface area contributed by atoms with Crippen LogP contribution in [-0.4, -0.2) is 5.91 Å². The molecule has 1 aromatic carbocycles. The number of primary amides is 1. The van der Waals surface area contributed by atoms with Gasteiger partial charge in [0, 0.05) is 5.56 Å². The molecule has 0 aromatic heterocycles. The number of amides is 1. The summed E-state index contributed by atoms with van der Waals surface area (Å²) in [6, 6.07) is 2.25. The fourth-order valence-electron chi connectivity index (χ4n) is 4.15. The summed E-state index contributed by atoms with van der Waals surface area (Å²) in [6.45, 7) is 8.70. The van der Waals surface area contributed by atoms with Gasteiger partial charge in [-0.25, -0.2) is 0 Å². The predicted molar refractivity (Wildman–Crippen MR) is 114 cm³/mol. The van der Waals surface area contributed by atoms with E-state index in [4.69, 9.17) is 5.73 Å². The average Bonchev–Trinajstić information content (AvgIpc) is 2.62. The Balaban J connectivity index is 2.49. The second kappa shape index (κ2) is 12.9. The Morgan fingerprint density at radius 1 is 0.808 bits per heavy atom. The highest BCUT2D eigenvalue weighted by atomic mass is 16.1. The number of benzene rings is 1. The maximum absolute atomic E-state index is 12.0. The standard InChI is InChI=1S/C24H41NO/c1-5-8-9-10-11-12-13-14-15-16-17-21-18-20(6-2)22(7-3)19(4)23(21)24(25)26/h18H,5-17H2,1-4H3,(H2,25,26). The van der Waals surface area contributed by atoms with E-state index < -0.39 is 0 Å². The number of carbonyl (C=O) groups excluding carboxylic acids is 1. The summed E-state index contributed by atoms with van der Waals surface area (Å²) in [5.74, 6) is -0.262. The number of hydrogen-bond donors (Lipinski definition) is 1. The summed E-state index contributed by atoms with van der Waals surface area (Å²) in [6.07, 6.45) is 16.3. The van der Waals surface area contributed by atoms with Gasteiger partial charge in [-0.1, -0.05) is 84.6 Å². The molecule has 2 N–H and O–H groups in total. The van der Waals surface area contributed by atoms with Gasteiger partial charge in [-0.15, -0.1) is 0 Å². The zero-order valence-electron chi connectivity index (χ0n) is 17.8. The number of nitrogens with two attached hydrogens (primary N) is 1. The Labute approximate surface area is 162 Å². The van der Waals surface area contributed by atoms with Crippen LogP contribution in [0, 0.1) is 6.92 Å². The van der Waals surface area contributed by atoms with Crippen molar-refractivity contribution in [2.75, 3.05) is 0 Å². The van der Waals surface area contributed by atoms with Gasteiger partial charge in [0.25, 0.3) is 0 Å². The third-order valence-corrected chi connectivity index (χ3v) is 5.67. The van der Waals surface area contributed by atoms with Gasteiger partial charge in [0.15, 0.2) is 0 Å². The molecule has 0 bridgehead atoms. The van der Waals surface area contributed by atoms with Crippen LogP contribution >= 0.6 is 0 Å². The molecule has 0 heterocycles. The lowest BCUT2D eigenvalue weighted by Gasteiger charge is -2.17. The summed E-state index contributed by atoms with van der Waals surface area (Å²) in [4.78, 5) is 12.0. The minimum Gasteiger partial charge on any atom is -0.366 e. The van der Waals surface area contributed by atoms with Crippen molar-refractivity contribution in [2.45, 2.75) is 111 Å². The van der Waals surface area contributed by atoms with E-state index in [2.05, 4.69) is 33.8 Å². The first-order valence-corrected chi connectivity index (χ1v) is 11.0. The SMILES string of the molecule is CCCCCCCCCCCCc1cc(CC)c(CC)c(C)c1C(N)=O. The summed E-state index contributed by atoms with van der Waals surface area (Å²) in [5.41, 5.74) is 11.5. The van der Waals surface area contributed by atoms with Crippen molar-refractivity contribution in [2.24, 2.45) is 5.73 Å². The van der Waals surface area contributed by atoms with Crippen molar-refractivity contribution >= 4 is 5.91 Å². The largest absolute Gasteiger partial charge is 0.366 e. The van der Waals surface area contributed by atoms with Gasteiger partial charge in [-0.3, -0.25) is 4.79 Å². The maximum Gasteiger partial charge on any atom is 0.249 e. The summed E-state index contributed by atoms with van der Waals surface area (Å²) in [7, 11) is 0. The third kappa shape index (κ3) is 7.13. The minimum atomic E-state index is -0.262. The van der Waals surface area contributed by atoms with Crippen LogP contribution in [0.3, 0.4) is 0 Å². The second-order valence-electron chi connectivity index (χ2n) is 7.68. The molecule has 2 heteroatoms. The van der Waals surface area contributed by atoms with Gasteiger partial charge in [0.05, 0.1) is 0 Å². The van der Waals surface area contributed by atoms with Crippen molar-refractivity contribution in [1.82, 2.24) is 0 Å². The molecule has 0 aliphatic rings. The fourth-order valence-corrected chi connectivity index (χ4v) is 4.15. The lowest BCUT2D eigenvalue weighted by atomic mass is 9.87. The molecule has 148 valence electrons. The van der Waals surface area contributed by atoms with Crippen molar-refractivity contribution in [3.05, 3.63) is 33.9 Å². The smallest absolute Gasteiger partial charge is 0.249 e. The molecule has 1 aromatic rings. The van der Waals surface area contributed by atoms with Crippen LogP contribution in [0.5, 0.6) is 0 Å². The molecule has 0 saturated heterocycles. The number of carbonyl (C=O) groups is 1. The Morgan fingerprint density at radius 2 is 1.35 bits per heavy atom. The van der Waals surface area contributed by atoms with Crippen molar-refractivity contribution in [1.29, 1.82) is 0 Å². The number of unbranched alkanes of at least 4 members (excludes halogenated alkanes) is 9. The van der Waals surface area contributed by atoms with Crippen molar-refractivity contribution in [3.8, 4) is 0 Å². The molecule has 2 nitrogen and oxygen atoms in total. The first-order chi connectivity index (χ1) is 12.6. The molecule has 1 amide bonds. The van der Waals surface area contributed by atoms with Gasteiger partial charge in [0.2, 0.25) is 5.91 Å². The molecule has 0 atom stereocenters. The van der Waals surface area contributed by atoms with E-state index in [9.17, 15) is 4.79 Å². The highest BCUT2D eigenvalue weighted by Crippen LogP contribution is 2.25. The molecular formula is C24H41NO. The zero-order valence-corrected chi connectivity index (χ0v) is 17.8. The van der Waals surface area contributed by atoms with Crippen molar-refractivity contribution in [3.63, 3.8) is 0 Å². The topological polar surface area (TPSA) is 43.1 Å². The molecule has 0 saturated carbocycles. The van der Waals surface area contributed by atoms with Crippen LogP contribution in [0.2, 0.25) is 0 Å². The van der Waals surface area contributed by atoms with E-state index in [0.29, 0.717) is 0 Å². The lowest BCUT2D eigenvalue weighted by Crippen LogP contribution is -2.18. The van der Waals surface area contributed by atoms with E-state index >= 15 is 0 Å². The highest BCUT2D eigenvalue weighted by Gasteiger charge is 2.16. The lowest BCUT2D eigenvalue weighted by molar-refractivity contribution is 0.0998. The van der Waals surface area contributed by atoms with Gasteiger partial charge in [0.1, 0.15) is 0 Å². The van der Waals surface area contributed by atoms with Gasteiger partial charge in [-0.2, -0.15) is 0 Å². The number of rotatable bonds is 14. The zero-order chi connectivity index (χ0) is 19.4. The summed E-state index contributed by atoms with van der Waals surface area (Å²) in [5, 5.41) is 0. The maximum atomic E-state index is 12.0. The Bertz CT molecular complexity index is 548. The molecule has 26 heavy (non-hydrogen) atoms. The van der Waals surface area contributed by atoms with E-state index in [1.54, 1.807) is 0 Å². The molecular weight excluding hydrogens is 318 g/mol.